The molecule has 0 saturated carbocycles. The first-order valence-electron chi connectivity index (χ1n) is 5.34. The monoisotopic (exact) mass is 200 g/mol. The molecule has 0 aromatic carbocycles. The van der Waals surface area contributed by atoms with Crippen LogP contribution >= 0.6 is 11.8 Å². The Labute approximate surface area is 85.6 Å². The largest absolute Gasteiger partial charge is 0.365 e. The third kappa shape index (κ3) is 5.19. The molecule has 0 amide bonds. The first-order valence-corrected chi connectivity index (χ1v) is 6.33. The van der Waals surface area contributed by atoms with Crippen LogP contribution in [0.25, 0.3) is 0 Å². The molecule has 3 heteroatoms. The summed E-state index contributed by atoms with van der Waals surface area (Å²) in [5.74, 6) is 1.24. The molecule has 0 saturated heterocycles. The van der Waals surface area contributed by atoms with Crippen LogP contribution in [-0.4, -0.2) is 24.0 Å². The van der Waals surface area contributed by atoms with E-state index in [-0.39, 0.29) is 0 Å². The molecule has 0 aromatic heterocycles. The molecule has 13 heavy (non-hydrogen) atoms. The van der Waals surface area contributed by atoms with E-state index < -0.39 is 0 Å². The molecule has 0 aromatic rings. The SMILES string of the molecule is CCCCCCNC1=NCCCS1. The summed E-state index contributed by atoms with van der Waals surface area (Å²) in [6.07, 6.45) is 6.55. The van der Waals surface area contributed by atoms with Crippen molar-refractivity contribution in [1.82, 2.24) is 5.32 Å². The molecule has 1 aliphatic rings. The van der Waals surface area contributed by atoms with E-state index in [1.807, 2.05) is 11.8 Å². The zero-order chi connectivity index (χ0) is 9.36. The molecule has 0 unspecified atom stereocenters. The Kier molecular flexibility index (Phi) is 6.07. The molecule has 76 valence electrons. The molecule has 0 radical (unpaired) electrons. The Balaban J connectivity index is 1.95. The van der Waals surface area contributed by atoms with Crippen molar-refractivity contribution in [2.45, 2.75) is 39.0 Å². The van der Waals surface area contributed by atoms with Gasteiger partial charge >= 0.3 is 0 Å². The predicted octanol–water partition coefficient (Wildman–Crippen LogP) is 2.65. The lowest BCUT2D eigenvalue weighted by Crippen LogP contribution is -2.24. The molecule has 0 spiro atoms. The lowest BCUT2D eigenvalue weighted by Gasteiger charge is -2.12. The van der Waals surface area contributed by atoms with E-state index >= 15 is 0 Å². The summed E-state index contributed by atoms with van der Waals surface area (Å²) in [5.41, 5.74) is 0. The maximum atomic E-state index is 4.42. The maximum absolute atomic E-state index is 4.42. The maximum Gasteiger partial charge on any atom is 0.156 e. The van der Waals surface area contributed by atoms with Crippen LogP contribution in [0.4, 0.5) is 0 Å². The molecule has 0 bridgehead atoms. The van der Waals surface area contributed by atoms with Crippen molar-refractivity contribution in [2.75, 3.05) is 18.8 Å². The van der Waals surface area contributed by atoms with Gasteiger partial charge in [-0.3, -0.25) is 4.99 Å². The highest BCUT2D eigenvalue weighted by atomic mass is 32.2. The van der Waals surface area contributed by atoms with Gasteiger partial charge in [0.15, 0.2) is 5.17 Å². The highest BCUT2D eigenvalue weighted by Gasteiger charge is 2.03. The van der Waals surface area contributed by atoms with Gasteiger partial charge < -0.3 is 5.32 Å². The van der Waals surface area contributed by atoms with Crippen LogP contribution in [-0.2, 0) is 0 Å². The molecular weight excluding hydrogens is 180 g/mol. The highest BCUT2D eigenvalue weighted by Crippen LogP contribution is 2.10. The Morgan fingerprint density at radius 3 is 3.00 bits per heavy atom. The van der Waals surface area contributed by atoms with Crippen LogP contribution in [0.3, 0.4) is 0 Å². The van der Waals surface area contributed by atoms with E-state index in [1.54, 1.807) is 0 Å². The van der Waals surface area contributed by atoms with Crippen molar-refractivity contribution in [3.63, 3.8) is 0 Å². The molecular formula is C10H20N2S. The topological polar surface area (TPSA) is 24.4 Å². The van der Waals surface area contributed by atoms with Gasteiger partial charge in [-0.25, -0.2) is 0 Å². The normalized spacial score (nSPS) is 16.8. The van der Waals surface area contributed by atoms with Gasteiger partial charge in [0.2, 0.25) is 0 Å². The van der Waals surface area contributed by atoms with E-state index in [1.165, 1.54) is 43.0 Å². The summed E-state index contributed by atoms with van der Waals surface area (Å²) < 4.78 is 0. The number of rotatable bonds is 5. The lowest BCUT2D eigenvalue weighted by molar-refractivity contribution is 0.655. The minimum atomic E-state index is 1.02. The summed E-state index contributed by atoms with van der Waals surface area (Å²) >= 11 is 1.87. The summed E-state index contributed by atoms with van der Waals surface area (Å²) in [6.45, 7) is 4.37. The van der Waals surface area contributed by atoms with Crippen LogP contribution < -0.4 is 5.32 Å². The second-order valence-electron chi connectivity index (χ2n) is 3.38. The smallest absolute Gasteiger partial charge is 0.156 e. The number of aliphatic imine (C=N–C) groups is 1. The summed E-state index contributed by atoms with van der Waals surface area (Å²) in [4.78, 5) is 4.42. The molecule has 1 heterocycles. The van der Waals surface area contributed by atoms with E-state index in [9.17, 15) is 0 Å². The quantitative estimate of drug-likeness (QED) is 0.690. The number of unbranched alkanes of at least 4 members (excludes halogenated alkanes) is 3. The van der Waals surface area contributed by atoms with Crippen LogP contribution in [0.5, 0.6) is 0 Å². The fraction of sp³-hybridized carbons (Fsp3) is 0.900. The fourth-order valence-corrected chi connectivity index (χ4v) is 2.17. The second kappa shape index (κ2) is 7.25. The molecule has 2 nitrogen and oxygen atoms in total. The Hall–Kier alpha value is -0.180. The predicted molar refractivity (Wildman–Crippen MR) is 61.5 cm³/mol. The van der Waals surface area contributed by atoms with Crippen molar-refractivity contribution in [3.8, 4) is 0 Å². The van der Waals surface area contributed by atoms with E-state index in [2.05, 4.69) is 17.2 Å². The van der Waals surface area contributed by atoms with Crippen molar-refractivity contribution < 1.29 is 0 Å². The summed E-state index contributed by atoms with van der Waals surface area (Å²) in [5, 5.41) is 4.56. The van der Waals surface area contributed by atoms with Crippen LogP contribution in [0.1, 0.15) is 39.0 Å². The van der Waals surface area contributed by atoms with Gasteiger partial charge in [-0.1, -0.05) is 37.9 Å². The summed E-state index contributed by atoms with van der Waals surface area (Å²) in [7, 11) is 0. The number of hydrogen-bond acceptors (Lipinski definition) is 3. The molecule has 1 aliphatic heterocycles. The number of nitrogens with one attached hydrogen (secondary N) is 1. The van der Waals surface area contributed by atoms with Crippen LogP contribution in [0.15, 0.2) is 4.99 Å². The van der Waals surface area contributed by atoms with Crippen molar-refractivity contribution >= 4 is 16.9 Å². The van der Waals surface area contributed by atoms with Gasteiger partial charge in [-0.2, -0.15) is 0 Å². The number of amidine groups is 1. The van der Waals surface area contributed by atoms with Gasteiger partial charge in [-0.15, -0.1) is 0 Å². The number of thioether (sulfide) groups is 1. The van der Waals surface area contributed by atoms with E-state index in [4.69, 9.17) is 0 Å². The van der Waals surface area contributed by atoms with Crippen molar-refractivity contribution in [3.05, 3.63) is 0 Å². The first kappa shape index (κ1) is 10.9. The molecule has 1 N–H and O–H groups in total. The zero-order valence-electron chi connectivity index (χ0n) is 8.51. The van der Waals surface area contributed by atoms with Gasteiger partial charge in [-0.05, 0) is 12.8 Å². The standard InChI is InChI=1S/C10H20N2S/c1-2-3-4-5-7-11-10-12-8-6-9-13-10/h2-9H2,1H3,(H,11,12). The van der Waals surface area contributed by atoms with Crippen LogP contribution in [0.2, 0.25) is 0 Å². The first-order chi connectivity index (χ1) is 6.43. The second-order valence-corrected chi connectivity index (χ2v) is 4.46. The van der Waals surface area contributed by atoms with E-state index in [0.29, 0.717) is 0 Å². The Morgan fingerprint density at radius 2 is 2.31 bits per heavy atom. The van der Waals surface area contributed by atoms with Gasteiger partial charge in [0.25, 0.3) is 0 Å². The zero-order valence-corrected chi connectivity index (χ0v) is 9.33. The lowest BCUT2D eigenvalue weighted by atomic mass is 10.2. The fourth-order valence-electron chi connectivity index (χ4n) is 1.31. The van der Waals surface area contributed by atoms with Gasteiger partial charge in [0.1, 0.15) is 0 Å². The van der Waals surface area contributed by atoms with Crippen molar-refractivity contribution in [1.29, 1.82) is 0 Å². The third-order valence-electron chi connectivity index (χ3n) is 2.10. The minimum absolute atomic E-state index is 1.02. The molecule has 0 atom stereocenters. The Bertz CT molecular complexity index is 157. The minimum Gasteiger partial charge on any atom is -0.365 e. The molecule has 0 aliphatic carbocycles. The third-order valence-corrected chi connectivity index (χ3v) is 3.14. The van der Waals surface area contributed by atoms with Gasteiger partial charge in [0.05, 0.1) is 0 Å². The van der Waals surface area contributed by atoms with E-state index in [0.717, 1.165) is 13.1 Å². The number of nitrogens with zero attached hydrogens (tertiary/aromatic N) is 1. The number of hydrogen-bond donors (Lipinski definition) is 1. The van der Waals surface area contributed by atoms with Gasteiger partial charge in [0, 0.05) is 18.8 Å². The average Bonchev–Trinajstić information content (AvgIpc) is 2.19. The Morgan fingerprint density at radius 1 is 1.38 bits per heavy atom. The molecule has 1 rings (SSSR count). The summed E-state index contributed by atoms with van der Waals surface area (Å²) in [6, 6.07) is 0. The molecule has 0 fully saturated rings. The van der Waals surface area contributed by atoms with Crippen molar-refractivity contribution in [2.24, 2.45) is 4.99 Å². The average molecular weight is 200 g/mol. The van der Waals surface area contributed by atoms with Crippen LogP contribution in [0, 0.1) is 0 Å². The highest BCUT2D eigenvalue weighted by molar-refractivity contribution is 8.13.